The topological polar surface area (TPSA) is 28.1 Å². The van der Waals surface area contributed by atoms with Gasteiger partial charge in [0.25, 0.3) is 0 Å². The van der Waals surface area contributed by atoms with Crippen LogP contribution in [0.2, 0.25) is 0 Å². The molecule has 2 aromatic rings. The van der Waals surface area contributed by atoms with Gasteiger partial charge >= 0.3 is 0 Å². The van der Waals surface area contributed by atoms with Crippen molar-refractivity contribution >= 4 is 16.6 Å². The number of para-hydroxylation sites is 1. The lowest BCUT2D eigenvalue weighted by molar-refractivity contribution is 1.28. The van der Waals surface area contributed by atoms with E-state index < -0.39 is 0 Å². The number of aromatic amines is 1. The molecule has 0 atom stereocenters. The Morgan fingerprint density at radius 3 is 2.71 bits per heavy atom. The third kappa shape index (κ3) is 1.23. The fourth-order valence-corrected chi connectivity index (χ4v) is 1.85. The van der Waals surface area contributed by atoms with E-state index in [9.17, 15) is 0 Å². The number of aromatic nitrogens is 1. The lowest BCUT2D eigenvalue weighted by atomic mass is 10.1. The molecule has 0 spiro atoms. The van der Waals surface area contributed by atoms with Crippen LogP contribution in [0.4, 0.5) is 0 Å². The van der Waals surface area contributed by atoms with E-state index in [0.717, 1.165) is 5.71 Å². The summed E-state index contributed by atoms with van der Waals surface area (Å²) in [7, 11) is 1.83. The maximum atomic E-state index is 4.24. The first kappa shape index (κ1) is 9.00. The van der Waals surface area contributed by atoms with Crippen molar-refractivity contribution in [3.05, 3.63) is 35.5 Å². The number of rotatable bonds is 1. The molecule has 1 aromatic heterocycles. The zero-order valence-corrected chi connectivity index (χ0v) is 8.76. The molecule has 2 heteroatoms. The SMILES string of the molecule is CN=C(C)c1c(C)[nH]c2ccccc12. The molecule has 0 fully saturated rings. The molecule has 1 aromatic carbocycles. The standard InChI is InChI=1S/C12H14N2/c1-8(13-3)12-9(2)14-11-7-5-4-6-10(11)12/h4-7,14H,1-3H3. The molecule has 0 saturated carbocycles. The van der Waals surface area contributed by atoms with E-state index in [0.29, 0.717) is 0 Å². The Morgan fingerprint density at radius 2 is 2.00 bits per heavy atom. The monoisotopic (exact) mass is 186 g/mol. The fourth-order valence-electron chi connectivity index (χ4n) is 1.85. The predicted octanol–water partition coefficient (Wildman–Crippen LogP) is 2.92. The van der Waals surface area contributed by atoms with Crippen LogP contribution in [-0.4, -0.2) is 17.7 Å². The number of fused-ring (bicyclic) bond motifs is 1. The summed E-state index contributed by atoms with van der Waals surface area (Å²) in [5.41, 5.74) is 4.69. The van der Waals surface area contributed by atoms with E-state index >= 15 is 0 Å². The van der Waals surface area contributed by atoms with Gasteiger partial charge in [-0.15, -0.1) is 0 Å². The Bertz CT molecular complexity index is 492. The Morgan fingerprint density at radius 1 is 1.29 bits per heavy atom. The number of benzene rings is 1. The smallest absolute Gasteiger partial charge is 0.0462 e. The number of aryl methyl sites for hydroxylation is 1. The first-order valence-electron chi connectivity index (χ1n) is 4.75. The molecule has 2 rings (SSSR count). The van der Waals surface area contributed by atoms with Gasteiger partial charge in [-0.3, -0.25) is 4.99 Å². The molecule has 1 heterocycles. The van der Waals surface area contributed by atoms with Crippen LogP contribution in [-0.2, 0) is 0 Å². The third-order valence-corrected chi connectivity index (χ3v) is 2.59. The second-order valence-corrected chi connectivity index (χ2v) is 3.48. The highest BCUT2D eigenvalue weighted by atomic mass is 14.7. The fraction of sp³-hybridized carbons (Fsp3) is 0.250. The maximum absolute atomic E-state index is 4.24. The summed E-state index contributed by atoms with van der Waals surface area (Å²) in [6.07, 6.45) is 0. The summed E-state index contributed by atoms with van der Waals surface area (Å²) >= 11 is 0. The van der Waals surface area contributed by atoms with Gasteiger partial charge in [-0.05, 0) is 19.9 Å². The molecule has 0 amide bonds. The van der Waals surface area contributed by atoms with Crippen LogP contribution in [0.5, 0.6) is 0 Å². The summed E-state index contributed by atoms with van der Waals surface area (Å²) in [5.74, 6) is 0. The van der Waals surface area contributed by atoms with Crippen molar-refractivity contribution in [3.63, 3.8) is 0 Å². The number of hydrogen-bond acceptors (Lipinski definition) is 1. The Balaban J connectivity index is 2.81. The highest BCUT2D eigenvalue weighted by molar-refractivity contribution is 6.10. The quantitative estimate of drug-likeness (QED) is 0.663. The summed E-state index contributed by atoms with van der Waals surface area (Å²) in [4.78, 5) is 7.60. The van der Waals surface area contributed by atoms with Gasteiger partial charge < -0.3 is 4.98 Å². The number of nitrogens with one attached hydrogen (secondary N) is 1. The first-order valence-corrected chi connectivity index (χ1v) is 4.75. The van der Waals surface area contributed by atoms with Crippen LogP contribution in [0.25, 0.3) is 10.9 Å². The van der Waals surface area contributed by atoms with Crippen LogP contribution in [0.1, 0.15) is 18.2 Å². The van der Waals surface area contributed by atoms with Gasteiger partial charge in [-0.25, -0.2) is 0 Å². The average molecular weight is 186 g/mol. The van der Waals surface area contributed by atoms with Gasteiger partial charge in [-0.2, -0.15) is 0 Å². The summed E-state index contributed by atoms with van der Waals surface area (Å²) in [5, 5.41) is 1.26. The zero-order valence-electron chi connectivity index (χ0n) is 8.76. The van der Waals surface area contributed by atoms with Crippen molar-refractivity contribution in [3.8, 4) is 0 Å². The van der Waals surface area contributed by atoms with Crippen LogP contribution < -0.4 is 0 Å². The first-order chi connectivity index (χ1) is 6.74. The summed E-state index contributed by atoms with van der Waals surface area (Å²) < 4.78 is 0. The molecule has 1 N–H and O–H groups in total. The molecule has 0 unspecified atom stereocenters. The van der Waals surface area contributed by atoms with Gasteiger partial charge in [-0.1, -0.05) is 18.2 Å². The molecular formula is C12H14N2. The van der Waals surface area contributed by atoms with E-state index in [-0.39, 0.29) is 0 Å². The molecule has 0 aliphatic rings. The minimum Gasteiger partial charge on any atom is -0.358 e. The highest BCUT2D eigenvalue weighted by Gasteiger charge is 2.09. The van der Waals surface area contributed by atoms with E-state index in [4.69, 9.17) is 0 Å². The molecule has 14 heavy (non-hydrogen) atoms. The van der Waals surface area contributed by atoms with Gasteiger partial charge in [0.05, 0.1) is 0 Å². The van der Waals surface area contributed by atoms with Crippen molar-refractivity contribution in [2.24, 2.45) is 4.99 Å². The molecule has 0 aliphatic carbocycles. The van der Waals surface area contributed by atoms with Crippen LogP contribution in [0, 0.1) is 6.92 Å². The van der Waals surface area contributed by atoms with Crippen molar-refractivity contribution in [2.75, 3.05) is 7.05 Å². The van der Waals surface area contributed by atoms with Crippen molar-refractivity contribution < 1.29 is 0 Å². The second kappa shape index (κ2) is 3.29. The third-order valence-electron chi connectivity index (χ3n) is 2.59. The summed E-state index contributed by atoms with van der Waals surface area (Å²) in [6.45, 7) is 4.13. The Kier molecular flexibility index (Phi) is 2.12. The summed E-state index contributed by atoms with van der Waals surface area (Å²) in [6, 6.07) is 8.32. The minimum absolute atomic E-state index is 1.08. The number of hydrogen-bond donors (Lipinski definition) is 1. The van der Waals surface area contributed by atoms with Crippen LogP contribution in [0.15, 0.2) is 29.3 Å². The van der Waals surface area contributed by atoms with Crippen molar-refractivity contribution in [2.45, 2.75) is 13.8 Å². The van der Waals surface area contributed by atoms with E-state index in [1.54, 1.807) is 0 Å². The molecule has 72 valence electrons. The Hall–Kier alpha value is -1.57. The molecule has 0 aliphatic heterocycles. The van der Waals surface area contributed by atoms with Gasteiger partial charge in [0.15, 0.2) is 0 Å². The number of H-pyrrole nitrogens is 1. The molecular weight excluding hydrogens is 172 g/mol. The van der Waals surface area contributed by atoms with Crippen molar-refractivity contribution in [1.29, 1.82) is 0 Å². The minimum atomic E-state index is 1.08. The van der Waals surface area contributed by atoms with Gasteiger partial charge in [0, 0.05) is 34.9 Å². The maximum Gasteiger partial charge on any atom is 0.0462 e. The number of nitrogens with zero attached hydrogens (tertiary/aromatic N) is 1. The number of aliphatic imine (C=N–C) groups is 1. The Labute approximate surface area is 83.7 Å². The van der Waals surface area contributed by atoms with Crippen LogP contribution >= 0.6 is 0 Å². The molecule has 0 bridgehead atoms. The van der Waals surface area contributed by atoms with E-state index in [2.05, 4.69) is 35.1 Å². The second-order valence-electron chi connectivity index (χ2n) is 3.48. The van der Waals surface area contributed by atoms with Crippen molar-refractivity contribution in [1.82, 2.24) is 4.98 Å². The van der Waals surface area contributed by atoms with Crippen LogP contribution in [0.3, 0.4) is 0 Å². The van der Waals surface area contributed by atoms with E-state index in [1.807, 2.05) is 20.0 Å². The predicted molar refractivity (Wildman–Crippen MR) is 61.2 cm³/mol. The highest BCUT2D eigenvalue weighted by Crippen LogP contribution is 2.22. The van der Waals surface area contributed by atoms with Gasteiger partial charge in [0.1, 0.15) is 0 Å². The lowest BCUT2D eigenvalue weighted by Gasteiger charge is -1.98. The average Bonchev–Trinajstić information content (AvgIpc) is 2.53. The molecule has 0 radical (unpaired) electrons. The largest absolute Gasteiger partial charge is 0.358 e. The lowest BCUT2D eigenvalue weighted by Crippen LogP contribution is -1.95. The zero-order chi connectivity index (χ0) is 10.1. The van der Waals surface area contributed by atoms with Gasteiger partial charge in [0.2, 0.25) is 0 Å². The molecule has 2 nitrogen and oxygen atoms in total. The molecule has 0 saturated heterocycles. The normalized spacial score (nSPS) is 12.4. The van der Waals surface area contributed by atoms with E-state index in [1.165, 1.54) is 22.2 Å².